The zero-order valence-corrected chi connectivity index (χ0v) is 11.5. The van der Waals surface area contributed by atoms with Crippen LogP contribution in [0.1, 0.15) is 10.5 Å². The summed E-state index contributed by atoms with van der Waals surface area (Å²) in [6, 6.07) is 5.53. The summed E-state index contributed by atoms with van der Waals surface area (Å²) in [6.07, 6.45) is 0. The monoisotopic (exact) mass is 317 g/mol. The van der Waals surface area contributed by atoms with Crippen LogP contribution in [0.25, 0.3) is 11.1 Å². The number of carboxylic acid groups (broad SMARTS) is 1. The minimum atomic E-state index is -1.29. The summed E-state index contributed by atoms with van der Waals surface area (Å²) >= 11 is 18.0. The van der Waals surface area contributed by atoms with Crippen LogP contribution in [-0.2, 0) is 0 Å². The highest BCUT2D eigenvalue weighted by atomic mass is 35.5. The van der Waals surface area contributed by atoms with Gasteiger partial charge >= 0.3 is 5.97 Å². The van der Waals surface area contributed by atoms with Gasteiger partial charge in [0.1, 0.15) is 5.69 Å². The van der Waals surface area contributed by atoms with Crippen LogP contribution in [0, 0.1) is 0 Å². The third-order valence-electron chi connectivity index (χ3n) is 2.45. The molecule has 7 heteroatoms. The molecule has 98 valence electrons. The highest BCUT2D eigenvalue weighted by Gasteiger charge is 2.19. The lowest BCUT2D eigenvalue weighted by Crippen LogP contribution is -2.13. The molecule has 0 atom stereocenters. The van der Waals surface area contributed by atoms with Crippen molar-refractivity contribution in [2.75, 3.05) is 0 Å². The zero-order valence-electron chi connectivity index (χ0n) is 9.21. The molecule has 0 aliphatic rings. The number of nitrogens with one attached hydrogen (secondary N) is 1. The van der Waals surface area contributed by atoms with E-state index >= 15 is 0 Å². The van der Waals surface area contributed by atoms with Crippen molar-refractivity contribution in [3.8, 4) is 11.1 Å². The summed E-state index contributed by atoms with van der Waals surface area (Å²) in [6.45, 7) is 0. The first-order chi connectivity index (χ1) is 8.91. The summed E-state index contributed by atoms with van der Waals surface area (Å²) in [4.78, 5) is 24.6. The second-order valence-corrected chi connectivity index (χ2v) is 4.83. The van der Waals surface area contributed by atoms with Gasteiger partial charge in [0.05, 0.1) is 15.1 Å². The number of aromatic amines is 1. The molecule has 2 aromatic rings. The van der Waals surface area contributed by atoms with Crippen LogP contribution in [0.15, 0.2) is 29.1 Å². The summed E-state index contributed by atoms with van der Waals surface area (Å²) in [5, 5.41) is 9.72. The van der Waals surface area contributed by atoms with Crippen molar-refractivity contribution >= 4 is 40.8 Å². The number of rotatable bonds is 2. The average molecular weight is 319 g/mol. The van der Waals surface area contributed by atoms with E-state index < -0.39 is 11.5 Å². The minimum absolute atomic E-state index is 0.128. The molecule has 0 unspecified atom stereocenters. The molecule has 0 saturated carbocycles. The first-order valence-corrected chi connectivity index (χ1v) is 6.15. The maximum absolute atomic E-state index is 11.2. The molecule has 2 N–H and O–H groups in total. The fourth-order valence-corrected chi connectivity index (χ4v) is 2.36. The van der Waals surface area contributed by atoms with Gasteiger partial charge < -0.3 is 10.1 Å². The van der Waals surface area contributed by atoms with Gasteiger partial charge in [0.25, 0.3) is 0 Å². The summed E-state index contributed by atoms with van der Waals surface area (Å²) in [7, 11) is 0. The molecule has 19 heavy (non-hydrogen) atoms. The van der Waals surface area contributed by atoms with Crippen LogP contribution >= 0.6 is 34.8 Å². The summed E-state index contributed by atoms with van der Waals surface area (Å²) < 4.78 is 0. The van der Waals surface area contributed by atoms with Gasteiger partial charge in [-0.25, -0.2) is 4.79 Å². The molecular weight excluding hydrogens is 312 g/mol. The molecule has 1 aromatic carbocycles. The third-order valence-corrected chi connectivity index (χ3v) is 3.57. The first-order valence-electron chi connectivity index (χ1n) is 5.02. The van der Waals surface area contributed by atoms with Crippen molar-refractivity contribution in [2.24, 2.45) is 0 Å². The maximum atomic E-state index is 11.2. The van der Waals surface area contributed by atoms with E-state index in [0.29, 0.717) is 0 Å². The second kappa shape index (κ2) is 5.25. The van der Waals surface area contributed by atoms with Crippen LogP contribution in [0.2, 0.25) is 15.1 Å². The smallest absolute Gasteiger partial charge is 0.353 e. The SMILES string of the molecule is O=C(O)c1[nH]c(=O)ccc1-c1c(Cl)ccc(Cl)c1Cl. The molecule has 1 heterocycles. The van der Waals surface area contributed by atoms with Gasteiger partial charge in [-0.1, -0.05) is 34.8 Å². The molecule has 0 aliphatic heterocycles. The number of pyridine rings is 1. The maximum Gasteiger partial charge on any atom is 0.353 e. The normalized spacial score (nSPS) is 10.5. The van der Waals surface area contributed by atoms with Gasteiger partial charge in [-0.2, -0.15) is 0 Å². The van der Waals surface area contributed by atoms with Crippen LogP contribution in [0.3, 0.4) is 0 Å². The molecule has 0 saturated heterocycles. The Hall–Kier alpha value is -1.49. The number of hydrogen-bond donors (Lipinski definition) is 2. The topological polar surface area (TPSA) is 70.2 Å². The number of halogens is 3. The second-order valence-electron chi connectivity index (χ2n) is 3.63. The van der Waals surface area contributed by atoms with Crippen LogP contribution in [-0.4, -0.2) is 16.1 Å². The van der Waals surface area contributed by atoms with E-state index in [4.69, 9.17) is 39.9 Å². The summed E-state index contributed by atoms with van der Waals surface area (Å²) in [5.41, 5.74) is -0.358. The first kappa shape index (κ1) is 13.9. The van der Waals surface area contributed by atoms with E-state index in [9.17, 15) is 9.59 Å². The van der Waals surface area contributed by atoms with Crippen molar-refractivity contribution in [3.63, 3.8) is 0 Å². The number of benzene rings is 1. The molecule has 2 rings (SSSR count). The lowest BCUT2D eigenvalue weighted by atomic mass is 10.0. The number of aromatic carboxylic acids is 1. The quantitative estimate of drug-likeness (QED) is 0.829. The Labute approximate surface area is 122 Å². The fraction of sp³-hybridized carbons (Fsp3) is 0. The lowest BCUT2D eigenvalue weighted by molar-refractivity contribution is 0.0691. The van der Waals surface area contributed by atoms with E-state index in [0.717, 1.165) is 0 Å². The molecule has 4 nitrogen and oxygen atoms in total. The molecule has 0 fully saturated rings. The van der Waals surface area contributed by atoms with Gasteiger partial charge in [0.2, 0.25) is 5.56 Å². The Balaban J connectivity index is 2.83. The molecule has 1 aromatic heterocycles. The Morgan fingerprint density at radius 1 is 1.05 bits per heavy atom. The standard InChI is InChI=1S/C12H6Cl3NO3/c13-6-2-3-7(14)10(15)9(6)5-1-4-8(17)16-11(5)12(18)19/h1-4H,(H,16,17)(H,18,19). The van der Waals surface area contributed by atoms with Crippen LogP contribution in [0.5, 0.6) is 0 Å². The van der Waals surface area contributed by atoms with Crippen molar-refractivity contribution in [1.29, 1.82) is 0 Å². The highest BCUT2D eigenvalue weighted by Crippen LogP contribution is 2.39. The van der Waals surface area contributed by atoms with Gasteiger partial charge in [0, 0.05) is 17.2 Å². The van der Waals surface area contributed by atoms with E-state index in [1.165, 1.54) is 24.3 Å². The number of carboxylic acids is 1. The Morgan fingerprint density at radius 3 is 2.32 bits per heavy atom. The van der Waals surface area contributed by atoms with Crippen molar-refractivity contribution < 1.29 is 9.90 Å². The Kier molecular flexibility index (Phi) is 3.85. The van der Waals surface area contributed by atoms with E-state index in [1.54, 1.807) is 0 Å². The average Bonchev–Trinajstić information content (AvgIpc) is 2.36. The van der Waals surface area contributed by atoms with Crippen molar-refractivity contribution in [3.05, 3.63) is 55.4 Å². The number of carbonyl (C=O) groups is 1. The van der Waals surface area contributed by atoms with E-state index in [1.807, 2.05) is 0 Å². The van der Waals surface area contributed by atoms with Gasteiger partial charge in [-0.15, -0.1) is 0 Å². The van der Waals surface area contributed by atoms with Gasteiger partial charge in [-0.3, -0.25) is 4.79 Å². The Bertz CT molecular complexity index is 725. The van der Waals surface area contributed by atoms with E-state index in [2.05, 4.69) is 4.98 Å². The summed E-state index contributed by atoms with van der Waals surface area (Å²) in [5.74, 6) is -1.29. The van der Waals surface area contributed by atoms with Crippen LogP contribution < -0.4 is 5.56 Å². The van der Waals surface area contributed by atoms with Crippen molar-refractivity contribution in [2.45, 2.75) is 0 Å². The third kappa shape index (κ3) is 2.61. The molecule has 0 amide bonds. The number of H-pyrrole nitrogens is 1. The highest BCUT2D eigenvalue weighted by molar-refractivity contribution is 6.46. The molecule has 0 radical (unpaired) electrons. The van der Waals surface area contributed by atoms with Gasteiger partial charge in [0.15, 0.2) is 0 Å². The molecule has 0 bridgehead atoms. The predicted molar refractivity (Wildman–Crippen MR) is 74.5 cm³/mol. The van der Waals surface area contributed by atoms with Crippen LogP contribution in [0.4, 0.5) is 0 Å². The number of hydrogen-bond acceptors (Lipinski definition) is 2. The lowest BCUT2D eigenvalue weighted by Gasteiger charge is -2.10. The molecular formula is C12H6Cl3NO3. The largest absolute Gasteiger partial charge is 0.477 e. The molecule has 0 aliphatic carbocycles. The Morgan fingerprint density at radius 2 is 1.68 bits per heavy atom. The predicted octanol–water partition coefficient (Wildman–Crippen LogP) is 3.70. The van der Waals surface area contributed by atoms with Gasteiger partial charge in [-0.05, 0) is 18.2 Å². The molecule has 0 spiro atoms. The van der Waals surface area contributed by atoms with Crippen molar-refractivity contribution in [1.82, 2.24) is 4.98 Å². The minimum Gasteiger partial charge on any atom is -0.477 e. The zero-order chi connectivity index (χ0) is 14.2. The number of aromatic nitrogens is 1. The van der Waals surface area contributed by atoms with E-state index in [-0.39, 0.29) is 31.9 Å². The fourth-order valence-electron chi connectivity index (χ4n) is 1.63.